The molecule has 0 saturated heterocycles. The lowest BCUT2D eigenvalue weighted by Crippen LogP contribution is -2.37. The van der Waals surface area contributed by atoms with Gasteiger partial charge in [-0.15, -0.1) is 0 Å². The third kappa shape index (κ3) is 6.38. The molecular weight excluding hydrogens is 320 g/mol. The highest BCUT2D eigenvalue weighted by Crippen LogP contribution is 2.12. The van der Waals surface area contributed by atoms with Gasteiger partial charge in [-0.25, -0.2) is 0 Å². The van der Waals surface area contributed by atoms with Crippen LogP contribution < -0.4 is 15.4 Å². The van der Waals surface area contributed by atoms with Crippen molar-refractivity contribution < 1.29 is 9.53 Å². The molecule has 0 aliphatic heterocycles. The van der Waals surface area contributed by atoms with Gasteiger partial charge in [0.05, 0.1) is 0 Å². The maximum absolute atomic E-state index is 11.8. The Morgan fingerprint density at radius 1 is 1.08 bits per heavy atom. The lowest BCUT2D eigenvalue weighted by molar-refractivity contribution is -0.121. The largest absolute Gasteiger partial charge is 0.484 e. The van der Waals surface area contributed by atoms with Crippen LogP contribution in [0, 0.1) is 0 Å². The lowest BCUT2D eigenvalue weighted by Gasteiger charge is -2.11. The van der Waals surface area contributed by atoms with Crippen LogP contribution in [0.15, 0.2) is 54.6 Å². The SMILES string of the molecule is CCCCc1ccc(NC(=S)NC(=O)COc2ccccc2)cc1. The van der Waals surface area contributed by atoms with Gasteiger partial charge in [-0.1, -0.05) is 43.7 Å². The molecule has 0 unspecified atom stereocenters. The van der Waals surface area contributed by atoms with Crippen LogP contribution in [0.2, 0.25) is 0 Å². The van der Waals surface area contributed by atoms with Crippen molar-refractivity contribution in [1.82, 2.24) is 5.32 Å². The molecule has 0 bridgehead atoms. The van der Waals surface area contributed by atoms with E-state index in [1.807, 2.05) is 30.3 Å². The van der Waals surface area contributed by atoms with E-state index < -0.39 is 0 Å². The summed E-state index contributed by atoms with van der Waals surface area (Å²) in [6.07, 6.45) is 3.44. The number of carbonyl (C=O) groups excluding carboxylic acids is 1. The standard InChI is InChI=1S/C19H22N2O2S/c1-2-3-7-15-10-12-16(13-11-15)20-19(24)21-18(22)14-23-17-8-5-4-6-9-17/h4-6,8-13H,2-3,7,14H2,1H3,(H2,20,21,22,24). The quantitative estimate of drug-likeness (QED) is 0.749. The predicted molar refractivity (Wildman–Crippen MR) is 101 cm³/mol. The van der Waals surface area contributed by atoms with Crippen LogP contribution in [0.1, 0.15) is 25.3 Å². The highest BCUT2D eigenvalue weighted by atomic mass is 32.1. The van der Waals surface area contributed by atoms with Gasteiger partial charge >= 0.3 is 0 Å². The Balaban J connectivity index is 1.74. The van der Waals surface area contributed by atoms with Crippen molar-refractivity contribution in [3.05, 3.63) is 60.2 Å². The van der Waals surface area contributed by atoms with Crippen LogP contribution in [0.5, 0.6) is 5.75 Å². The number of benzene rings is 2. The molecule has 2 rings (SSSR count). The predicted octanol–water partition coefficient (Wildman–Crippen LogP) is 3.92. The van der Waals surface area contributed by atoms with Crippen LogP contribution in [-0.4, -0.2) is 17.6 Å². The minimum Gasteiger partial charge on any atom is -0.484 e. The summed E-state index contributed by atoms with van der Waals surface area (Å²) in [5, 5.41) is 5.86. The number of nitrogens with one attached hydrogen (secondary N) is 2. The minimum absolute atomic E-state index is 0.0816. The van der Waals surface area contributed by atoms with Gasteiger partial charge < -0.3 is 10.1 Å². The van der Waals surface area contributed by atoms with E-state index in [-0.39, 0.29) is 17.6 Å². The smallest absolute Gasteiger partial charge is 0.264 e. The molecule has 0 atom stereocenters. The van der Waals surface area contributed by atoms with E-state index in [0.29, 0.717) is 5.75 Å². The summed E-state index contributed by atoms with van der Waals surface area (Å²) in [5.74, 6) is 0.352. The Morgan fingerprint density at radius 2 is 1.79 bits per heavy atom. The van der Waals surface area contributed by atoms with Gasteiger partial charge in [0.1, 0.15) is 5.75 Å². The number of aryl methyl sites for hydroxylation is 1. The first-order chi connectivity index (χ1) is 11.7. The van der Waals surface area contributed by atoms with Crippen molar-refractivity contribution in [2.24, 2.45) is 0 Å². The highest BCUT2D eigenvalue weighted by molar-refractivity contribution is 7.80. The summed E-state index contributed by atoms with van der Waals surface area (Å²) in [6.45, 7) is 2.10. The van der Waals surface area contributed by atoms with E-state index >= 15 is 0 Å². The molecule has 0 radical (unpaired) electrons. The maximum atomic E-state index is 11.8. The molecule has 0 aliphatic rings. The fourth-order valence-corrected chi connectivity index (χ4v) is 2.36. The summed E-state index contributed by atoms with van der Waals surface area (Å²) in [7, 11) is 0. The third-order valence-corrected chi connectivity index (χ3v) is 3.60. The van der Waals surface area contributed by atoms with Crippen molar-refractivity contribution >= 4 is 28.9 Å². The molecule has 0 saturated carbocycles. The Morgan fingerprint density at radius 3 is 2.46 bits per heavy atom. The fourth-order valence-electron chi connectivity index (χ4n) is 2.13. The molecule has 0 aromatic heterocycles. The number of carbonyl (C=O) groups is 1. The first-order valence-electron chi connectivity index (χ1n) is 8.05. The first kappa shape index (κ1) is 17.9. The molecule has 4 nitrogen and oxygen atoms in total. The zero-order valence-corrected chi connectivity index (χ0v) is 14.6. The summed E-state index contributed by atoms with van der Waals surface area (Å²) >= 11 is 5.15. The van der Waals surface area contributed by atoms with E-state index in [2.05, 4.69) is 29.7 Å². The normalized spacial score (nSPS) is 10.0. The molecule has 5 heteroatoms. The maximum Gasteiger partial charge on any atom is 0.264 e. The molecule has 0 heterocycles. The summed E-state index contributed by atoms with van der Waals surface area (Å²) in [6, 6.07) is 17.2. The minimum atomic E-state index is -0.295. The molecule has 0 spiro atoms. The number of thiocarbonyl (C=S) groups is 1. The molecule has 2 aromatic carbocycles. The van der Waals surface area contributed by atoms with Gasteiger partial charge in [0, 0.05) is 5.69 Å². The zero-order chi connectivity index (χ0) is 17.2. The Bertz CT molecular complexity index is 657. The fraction of sp³-hybridized carbons (Fsp3) is 0.263. The van der Waals surface area contributed by atoms with E-state index in [0.717, 1.165) is 12.1 Å². The number of amides is 1. The van der Waals surface area contributed by atoms with Gasteiger partial charge in [0.2, 0.25) is 0 Å². The van der Waals surface area contributed by atoms with Gasteiger partial charge in [-0.2, -0.15) is 0 Å². The van der Waals surface area contributed by atoms with E-state index in [9.17, 15) is 4.79 Å². The number of rotatable bonds is 7. The molecule has 2 N–H and O–H groups in total. The number of para-hydroxylation sites is 1. The number of anilines is 1. The molecule has 126 valence electrons. The highest BCUT2D eigenvalue weighted by Gasteiger charge is 2.06. The van der Waals surface area contributed by atoms with E-state index in [1.54, 1.807) is 12.1 Å². The lowest BCUT2D eigenvalue weighted by atomic mass is 10.1. The second-order valence-corrected chi connectivity index (χ2v) is 5.81. The average Bonchev–Trinajstić information content (AvgIpc) is 2.60. The second-order valence-electron chi connectivity index (χ2n) is 5.40. The monoisotopic (exact) mass is 342 g/mol. The van der Waals surface area contributed by atoms with Gasteiger partial charge in [-0.05, 0) is 54.9 Å². The van der Waals surface area contributed by atoms with Gasteiger partial charge in [0.15, 0.2) is 11.7 Å². The van der Waals surface area contributed by atoms with Crippen LogP contribution in [-0.2, 0) is 11.2 Å². The van der Waals surface area contributed by atoms with Crippen molar-refractivity contribution in [3.63, 3.8) is 0 Å². The second kappa shape index (κ2) is 9.67. The van der Waals surface area contributed by atoms with Crippen LogP contribution in [0.4, 0.5) is 5.69 Å². The Kier molecular flexibility index (Phi) is 7.23. The molecule has 1 amide bonds. The topological polar surface area (TPSA) is 50.4 Å². The van der Waals surface area contributed by atoms with Crippen molar-refractivity contribution in [1.29, 1.82) is 0 Å². The molecule has 0 aliphatic carbocycles. The number of unbranched alkanes of at least 4 members (excludes halogenated alkanes) is 1. The van der Waals surface area contributed by atoms with Crippen LogP contribution in [0.25, 0.3) is 0 Å². The molecule has 24 heavy (non-hydrogen) atoms. The zero-order valence-electron chi connectivity index (χ0n) is 13.7. The van der Waals surface area contributed by atoms with Crippen molar-refractivity contribution in [2.75, 3.05) is 11.9 Å². The first-order valence-corrected chi connectivity index (χ1v) is 8.46. The summed E-state index contributed by atoms with van der Waals surface area (Å²) < 4.78 is 5.37. The number of ether oxygens (including phenoxy) is 1. The van der Waals surface area contributed by atoms with E-state index in [1.165, 1.54) is 18.4 Å². The number of hydrogen-bond donors (Lipinski definition) is 2. The van der Waals surface area contributed by atoms with Gasteiger partial charge in [0.25, 0.3) is 5.91 Å². The van der Waals surface area contributed by atoms with E-state index in [4.69, 9.17) is 17.0 Å². The molecule has 0 fully saturated rings. The third-order valence-electron chi connectivity index (χ3n) is 3.40. The molecule has 2 aromatic rings. The Labute approximate surface area is 148 Å². The van der Waals surface area contributed by atoms with Crippen molar-refractivity contribution in [2.45, 2.75) is 26.2 Å². The van der Waals surface area contributed by atoms with Gasteiger partial charge in [-0.3, -0.25) is 10.1 Å². The average molecular weight is 342 g/mol. The molecular formula is C19H22N2O2S. The summed E-state index contributed by atoms with van der Waals surface area (Å²) in [4.78, 5) is 11.8. The van der Waals surface area contributed by atoms with Crippen LogP contribution >= 0.6 is 12.2 Å². The van der Waals surface area contributed by atoms with Crippen LogP contribution in [0.3, 0.4) is 0 Å². The summed E-state index contributed by atoms with van der Waals surface area (Å²) in [5.41, 5.74) is 2.15. The van der Waals surface area contributed by atoms with Crippen molar-refractivity contribution in [3.8, 4) is 5.75 Å². The number of hydrogen-bond acceptors (Lipinski definition) is 3. The Hall–Kier alpha value is -2.40.